The van der Waals surface area contributed by atoms with Gasteiger partial charge in [0.05, 0.1) is 0 Å². The summed E-state index contributed by atoms with van der Waals surface area (Å²) in [7, 11) is 0. The molecule has 0 amide bonds. The Kier molecular flexibility index (Phi) is 1.65. The minimum atomic E-state index is 0.674. The molecule has 0 saturated carbocycles. The lowest BCUT2D eigenvalue weighted by Gasteiger charge is -1.81. The van der Waals surface area contributed by atoms with E-state index in [9.17, 15) is 0 Å². The number of rotatable bonds is 1. The Morgan fingerprint density at radius 3 is 2.88 bits per heavy atom. The molecule has 4 heteroatoms. The fraction of sp³-hybridized carbons (Fsp3) is 0. The van der Waals surface area contributed by atoms with E-state index in [1.807, 2.05) is 0 Å². The third-order valence-corrected chi connectivity index (χ3v) is 1.70. The summed E-state index contributed by atoms with van der Waals surface area (Å²) in [6.07, 6.45) is 1.49. The van der Waals surface area contributed by atoms with Gasteiger partial charge in [0.2, 0.25) is 0 Å². The summed E-state index contributed by atoms with van der Waals surface area (Å²) < 4.78 is 3.76. The van der Waals surface area contributed by atoms with Crippen molar-refractivity contribution >= 4 is 29.1 Å². The van der Waals surface area contributed by atoms with E-state index in [2.05, 4.69) is 28.6 Å². The second-order valence-corrected chi connectivity index (χ2v) is 2.51. The normalized spacial score (nSPS) is 9.12. The van der Waals surface area contributed by atoms with Gasteiger partial charge in [0.15, 0.2) is 0 Å². The highest BCUT2D eigenvalue weighted by molar-refractivity contribution is 7.90. The zero-order valence-electron chi connectivity index (χ0n) is 4.03. The lowest BCUT2D eigenvalue weighted by Crippen LogP contribution is -1.66. The molecule has 0 aromatic carbocycles. The van der Waals surface area contributed by atoms with Gasteiger partial charge in [0.1, 0.15) is 11.3 Å². The molecular formula is C4H4N2S2. The van der Waals surface area contributed by atoms with Crippen molar-refractivity contribution in [1.29, 1.82) is 0 Å². The first-order chi connectivity index (χ1) is 3.80. The molecule has 0 radical (unpaired) electrons. The first-order valence-corrected chi connectivity index (χ1v) is 3.17. The van der Waals surface area contributed by atoms with Crippen molar-refractivity contribution in [2.45, 2.75) is 0 Å². The minimum absolute atomic E-state index is 0.674. The van der Waals surface area contributed by atoms with Gasteiger partial charge in [-0.2, -0.15) is 4.37 Å². The Bertz CT molecular complexity index is 180. The topological polar surface area (TPSA) is 25.8 Å². The highest BCUT2D eigenvalue weighted by atomic mass is 32.1. The van der Waals surface area contributed by atoms with Crippen molar-refractivity contribution in [1.82, 2.24) is 9.36 Å². The summed E-state index contributed by atoms with van der Waals surface area (Å²) in [5, 5.41) is 0.785. The van der Waals surface area contributed by atoms with Crippen LogP contribution in [0.4, 0.5) is 0 Å². The fourth-order valence-electron chi connectivity index (χ4n) is 0.300. The number of nitrogens with zero attached hydrogens (tertiary/aromatic N) is 2. The van der Waals surface area contributed by atoms with Crippen LogP contribution < -0.4 is 0 Å². The molecule has 2 nitrogen and oxygen atoms in total. The molecule has 1 aromatic heterocycles. The van der Waals surface area contributed by atoms with Crippen LogP contribution in [0.2, 0.25) is 0 Å². The lowest BCUT2D eigenvalue weighted by atomic mass is 10.7. The van der Waals surface area contributed by atoms with E-state index in [-0.39, 0.29) is 0 Å². The van der Waals surface area contributed by atoms with E-state index in [4.69, 9.17) is 0 Å². The predicted octanol–water partition coefficient (Wildman–Crippen LogP) is 1.44. The maximum atomic E-state index is 3.97. The summed E-state index contributed by atoms with van der Waals surface area (Å²) in [5.41, 5.74) is 0. The molecular weight excluding hydrogens is 140 g/mol. The van der Waals surface area contributed by atoms with Crippen LogP contribution in [-0.4, -0.2) is 9.36 Å². The molecule has 1 heterocycles. The Morgan fingerprint density at radius 1 is 1.88 bits per heavy atom. The molecule has 0 unspecified atom stereocenters. The van der Waals surface area contributed by atoms with Crippen molar-refractivity contribution in [3.05, 3.63) is 17.9 Å². The Hall–Kier alpha value is -0.350. The summed E-state index contributed by atoms with van der Waals surface area (Å²) in [6, 6.07) is 0. The van der Waals surface area contributed by atoms with Crippen LogP contribution in [0.15, 0.2) is 12.9 Å². The molecule has 0 aliphatic heterocycles. The summed E-state index contributed by atoms with van der Waals surface area (Å²) >= 11 is 5.26. The van der Waals surface area contributed by atoms with Gasteiger partial charge in [-0.3, -0.25) is 0 Å². The molecule has 0 aliphatic rings. The number of aromatic nitrogens is 2. The van der Waals surface area contributed by atoms with Gasteiger partial charge in [0.25, 0.3) is 0 Å². The zero-order valence-corrected chi connectivity index (χ0v) is 5.75. The van der Waals surface area contributed by atoms with Gasteiger partial charge in [-0.15, -0.1) is 12.6 Å². The summed E-state index contributed by atoms with van der Waals surface area (Å²) in [4.78, 5) is 4.52. The highest BCUT2D eigenvalue weighted by Gasteiger charge is 1.93. The van der Waals surface area contributed by atoms with E-state index >= 15 is 0 Å². The van der Waals surface area contributed by atoms with E-state index in [0.717, 1.165) is 5.01 Å². The molecule has 1 aromatic rings. The molecule has 0 saturated heterocycles. The van der Waals surface area contributed by atoms with Crippen LogP contribution >= 0.6 is 24.2 Å². The van der Waals surface area contributed by atoms with Gasteiger partial charge >= 0.3 is 0 Å². The van der Waals surface area contributed by atoms with E-state index < -0.39 is 0 Å². The molecule has 0 bridgehead atoms. The molecule has 0 N–H and O–H groups in total. The number of hydrogen-bond acceptors (Lipinski definition) is 4. The largest absolute Gasteiger partial charge is 0.222 e. The number of hydrogen-bond donors (Lipinski definition) is 1. The maximum Gasteiger partial charge on any atom is 0.149 e. The van der Waals surface area contributed by atoms with Gasteiger partial charge < -0.3 is 0 Å². The van der Waals surface area contributed by atoms with Crippen LogP contribution in [0.5, 0.6) is 0 Å². The van der Waals surface area contributed by atoms with Crippen molar-refractivity contribution in [3.8, 4) is 0 Å². The Balaban J connectivity index is 2.93. The summed E-state index contributed by atoms with van der Waals surface area (Å²) in [6.45, 7) is 3.57. The van der Waals surface area contributed by atoms with Crippen LogP contribution in [0.25, 0.3) is 4.91 Å². The molecule has 0 atom stereocenters. The van der Waals surface area contributed by atoms with Gasteiger partial charge in [-0.25, -0.2) is 4.98 Å². The molecule has 42 valence electrons. The molecule has 8 heavy (non-hydrogen) atoms. The van der Waals surface area contributed by atoms with Crippen LogP contribution in [0.3, 0.4) is 0 Å². The molecule has 0 aliphatic carbocycles. The third kappa shape index (κ3) is 1.08. The third-order valence-electron chi connectivity index (χ3n) is 0.608. The zero-order chi connectivity index (χ0) is 5.98. The molecule has 1 rings (SSSR count). The Labute approximate surface area is 56.8 Å². The lowest BCUT2D eigenvalue weighted by molar-refractivity contribution is 1.31. The van der Waals surface area contributed by atoms with Crippen LogP contribution in [-0.2, 0) is 0 Å². The first-order valence-electron chi connectivity index (χ1n) is 1.95. The second-order valence-electron chi connectivity index (χ2n) is 1.19. The molecule has 0 spiro atoms. The highest BCUT2D eigenvalue weighted by Crippen LogP contribution is 2.14. The first kappa shape index (κ1) is 5.78. The van der Waals surface area contributed by atoms with Gasteiger partial charge in [0, 0.05) is 4.91 Å². The SMILES string of the molecule is C=C(S)c1ncns1. The number of thiol groups is 1. The summed E-state index contributed by atoms with van der Waals surface area (Å²) in [5.74, 6) is 0. The predicted molar refractivity (Wildman–Crippen MR) is 37.9 cm³/mol. The van der Waals surface area contributed by atoms with Crippen LogP contribution in [0.1, 0.15) is 5.01 Å². The maximum absolute atomic E-state index is 3.97. The van der Waals surface area contributed by atoms with Crippen molar-refractivity contribution < 1.29 is 0 Å². The van der Waals surface area contributed by atoms with Crippen molar-refractivity contribution in [2.24, 2.45) is 0 Å². The average Bonchev–Trinajstić information content (AvgIpc) is 2.12. The molecule has 0 fully saturated rings. The second kappa shape index (κ2) is 2.28. The average molecular weight is 144 g/mol. The smallest absolute Gasteiger partial charge is 0.149 e. The van der Waals surface area contributed by atoms with E-state index in [0.29, 0.717) is 4.91 Å². The van der Waals surface area contributed by atoms with Crippen LogP contribution in [0, 0.1) is 0 Å². The fourth-order valence-corrected chi connectivity index (χ4v) is 0.874. The van der Waals surface area contributed by atoms with E-state index in [1.54, 1.807) is 0 Å². The quantitative estimate of drug-likeness (QED) is 0.603. The van der Waals surface area contributed by atoms with Crippen molar-refractivity contribution in [2.75, 3.05) is 0 Å². The monoisotopic (exact) mass is 144 g/mol. The standard InChI is InChI=1S/C4H4N2S2/c1-3(7)4-5-2-6-8-4/h2,7H,1H2. The minimum Gasteiger partial charge on any atom is -0.222 e. The van der Waals surface area contributed by atoms with Crippen molar-refractivity contribution in [3.63, 3.8) is 0 Å². The van der Waals surface area contributed by atoms with E-state index in [1.165, 1.54) is 17.9 Å². The van der Waals surface area contributed by atoms with Gasteiger partial charge in [-0.05, 0) is 11.5 Å². The van der Waals surface area contributed by atoms with Gasteiger partial charge in [-0.1, -0.05) is 6.58 Å². The Morgan fingerprint density at radius 2 is 2.62 bits per heavy atom.